The highest BCUT2D eigenvalue weighted by molar-refractivity contribution is 5.63. The van der Waals surface area contributed by atoms with Gasteiger partial charge in [-0.15, -0.1) is 6.58 Å². The van der Waals surface area contributed by atoms with Gasteiger partial charge in [0.05, 0.1) is 6.61 Å². The Kier molecular flexibility index (Phi) is 7.08. The molecule has 0 aromatic heterocycles. The summed E-state index contributed by atoms with van der Waals surface area (Å²) >= 11 is 0. The minimum absolute atomic E-state index is 0.675. The zero-order valence-corrected chi connectivity index (χ0v) is 16.1. The van der Waals surface area contributed by atoms with Gasteiger partial charge >= 0.3 is 0 Å². The van der Waals surface area contributed by atoms with Crippen LogP contribution in [0.2, 0.25) is 0 Å². The summed E-state index contributed by atoms with van der Waals surface area (Å²) in [7, 11) is 1.74. The third-order valence-electron chi connectivity index (χ3n) is 5.86. The van der Waals surface area contributed by atoms with Crippen molar-refractivity contribution in [1.29, 1.82) is 0 Å². The van der Waals surface area contributed by atoms with Crippen LogP contribution in [0.5, 0.6) is 0 Å². The van der Waals surface area contributed by atoms with Gasteiger partial charge in [0.15, 0.2) is 0 Å². The standard InChI is InChI=1S/C25H32O/c1-3-4-20-5-7-21(8-6-20)9-10-22-11-15-24(16-12-22)25-17-13-23(14-18-25)19-26-2/h3,11-18,20-21H,1,4-10,19H2,2H3/t20-,21-. The third-order valence-corrected chi connectivity index (χ3v) is 5.86. The van der Waals surface area contributed by atoms with E-state index in [4.69, 9.17) is 4.74 Å². The van der Waals surface area contributed by atoms with E-state index in [1.807, 2.05) is 0 Å². The van der Waals surface area contributed by atoms with Crippen LogP contribution in [0.4, 0.5) is 0 Å². The van der Waals surface area contributed by atoms with Gasteiger partial charge in [-0.1, -0.05) is 67.4 Å². The maximum atomic E-state index is 5.18. The van der Waals surface area contributed by atoms with Gasteiger partial charge in [0.25, 0.3) is 0 Å². The Morgan fingerprint density at radius 3 is 1.92 bits per heavy atom. The Hall–Kier alpha value is -1.86. The van der Waals surface area contributed by atoms with Gasteiger partial charge in [0.2, 0.25) is 0 Å². The molecule has 138 valence electrons. The first-order valence-corrected chi connectivity index (χ1v) is 10.1. The van der Waals surface area contributed by atoms with Crippen LogP contribution in [0.25, 0.3) is 11.1 Å². The van der Waals surface area contributed by atoms with Crippen LogP contribution in [-0.2, 0) is 17.8 Å². The summed E-state index contributed by atoms with van der Waals surface area (Å²) in [5.41, 5.74) is 5.26. The second kappa shape index (κ2) is 9.73. The Labute approximate surface area is 159 Å². The van der Waals surface area contributed by atoms with Crippen LogP contribution >= 0.6 is 0 Å². The highest BCUT2D eigenvalue weighted by Gasteiger charge is 2.19. The topological polar surface area (TPSA) is 9.23 Å². The Bertz CT molecular complexity index is 660. The number of hydrogen-bond acceptors (Lipinski definition) is 1. The normalized spacial score (nSPS) is 20.0. The Morgan fingerprint density at radius 1 is 0.846 bits per heavy atom. The summed E-state index contributed by atoms with van der Waals surface area (Å²) in [4.78, 5) is 0. The van der Waals surface area contributed by atoms with E-state index in [1.165, 1.54) is 67.2 Å². The van der Waals surface area contributed by atoms with Crippen LogP contribution in [0, 0.1) is 11.8 Å². The molecule has 26 heavy (non-hydrogen) atoms. The van der Waals surface area contributed by atoms with Crippen LogP contribution in [0.3, 0.4) is 0 Å². The fraction of sp³-hybridized carbons (Fsp3) is 0.440. The lowest BCUT2D eigenvalue weighted by Gasteiger charge is -2.27. The molecule has 0 atom stereocenters. The van der Waals surface area contributed by atoms with E-state index in [0.717, 1.165) is 11.8 Å². The Balaban J connectivity index is 1.49. The summed E-state index contributed by atoms with van der Waals surface area (Å²) in [5.74, 6) is 1.82. The van der Waals surface area contributed by atoms with E-state index in [9.17, 15) is 0 Å². The number of ether oxygens (including phenoxy) is 1. The average Bonchev–Trinajstić information content (AvgIpc) is 2.69. The molecule has 0 bridgehead atoms. The lowest BCUT2D eigenvalue weighted by atomic mass is 9.78. The van der Waals surface area contributed by atoms with Crippen molar-refractivity contribution < 1.29 is 4.74 Å². The minimum Gasteiger partial charge on any atom is -0.380 e. The first-order chi connectivity index (χ1) is 12.8. The molecular weight excluding hydrogens is 316 g/mol. The van der Waals surface area contributed by atoms with Gasteiger partial charge in [-0.05, 0) is 66.2 Å². The number of aryl methyl sites for hydroxylation is 1. The summed E-state index contributed by atoms with van der Waals surface area (Å²) in [6.45, 7) is 4.56. The maximum Gasteiger partial charge on any atom is 0.0713 e. The first kappa shape index (κ1) is 18.9. The molecule has 2 aromatic carbocycles. The van der Waals surface area contributed by atoms with Gasteiger partial charge in [0, 0.05) is 7.11 Å². The molecule has 2 aromatic rings. The van der Waals surface area contributed by atoms with E-state index in [0.29, 0.717) is 6.61 Å². The second-order valence-corrected chi connectivity index (χ2v) is 7.78. The van der Waals surface area contributed by atoms with Gasteiger partial charge in [0.1, 0.15) is 0 Å². The summed E-state index contributed by atoms with van der Waals surface area (Å²) in [6.07, 6.45) is 11.5. The molecule has 1 fully saturated rings. The first-order valence-electron chi connectivity index (χ1n) is 10.1. The molecule has 3 rings (SSSR count). The zero-order valence-electron chi connectivity index (χ0n) is 16.1. The van der Waals surface area contributed by atoms with Crippen molar-refractivity contribution >= 4 is 0 Å². The SMILES string of the molecule is C=CC[C@H]1CC[C@H](CCc2ccc(-c3ccc(COC)cc3)cc2)CC1. The molecule has 0 N–H and O–H groups in total. The smallest absolute Gasteiger partial charge is 0.0713 e. The minimum atomic E-state index is 0.675. The van der Waals surface area contributed by atoms with Crippen molar-refractivity contribution in [3.05, 3.63) is 72.3 Å². The van der Waals surface area contributed by atoms with Crippen molar-refractivity contribution in [2.45, 2.75) is 51.6 Å². The van der Waals surface area contributed by atoms with Gasteiger partial charge in [-0.2, -0.15) is 0 Å². The van der Waals surface area contributed by atoms with E-state index >= 15 is 0 Å². The molecule has 0 spiro atoms. The van der Waals surface area contributed by atoms with Crippen LogP contribution in [0.1, 0.15) is 49.7 Å². The van der Waals surface area contributed by atoms with Crippen molar-refractivity contribution in [1.82, 2.24) is 0 Å². The van der Waals surface area contributed by atoms with Gasteiger partial charge in [-0.3, -0.25) is 0 Å². The molecule has 0 saturated heterocycles. The molecular formula is C25H32O. The lowest BCUT2D eigenvalue weighted by molar-refractivity contribution is 0.185. The van der Waals surface area contributed by atoms with E-state index in [-0.39, 0.29) is 0 Å². The Morgan fingerprint density at radius 2 is 1.38 bits per heavy atom. The summed E-state index contributed by atoms with van der Waals surface area (Å²) in [5, 5.41) is 0. The number of benzene rings is 2. The predicted molar refractivity (Wildman–Crippen MR) is 111 cm³/mol. The molecule has 1 aliphatic carbocycles. The van der Waals surface area contributed by atoms with Crippen LogP contribution in [-0.4, -0.2) is 7.11 Å². The molecule has 0 heterocycles. The molecule has 0 unspecified atom stereocenters. The fourth-order valence-electron chi connectivity index (χ4n) is 4.19. The van der Waals surface area contributed by atoms with E-state index in [1.54, 1.807) is 7.11 Å². The van der Waals surface area contributed by atoms with Crippen LogP contribution < -0.4 is 0 Å². The molecule has 0 aliphatic heterocycles. The fourth-order valence-corrected chi connectivity index (χ4v) is 4.19. The molecule has 1 nitrogen and oxygen atoms in total. The number of methoxy groups -OCH3 is 1. The quantitative estimate of drug-likeness (QED) is 0.476. The average molecular weight is 349 g/mol. The second-order valence-electron chi connectivity index (χ2n) is 7.78. The molecule has 1 saturated carbocycles. The van der Waals surface area contributed by atoms with Gasteiger partial charge < -0.3 is 4.74 Å². The molecule has 1 heteroatoms. The predicted octanol–water partition coefficient (Wildman–Crippen LogP) is 6.82. The van der Waals surface area contributed by atoms with E-state index < -0.39 is 0 Å². The highest BCUT2D eigenvalue weighted by Crippen LogP contribution is 2.33. The third kappa shape index (κ3) is 5.32. The number of rotatable bonds is 8. The summed E-state index contributed by atoms with van der Waals surface area (Å²) < 4.78 is 5.18. The van der Waals surface area contributed by atoms with Crippen molar-refractivity contribution in [2.24, 2.45) is 11.8 Å². The van der Waals surface area contributed by atoms with Crippen molar-refractivity contribution in [3.63, 3.8) is 0 Å². The lowest BCUT2D eigenvalue weighted by Crippen LogP contribution is -2.14. The largest absolute Gasteiger partial charge is 0.380 e. The van der Waals surface area contributed by atoms with Crippen LogP contribution in [0.15, 0.2) is 61.2 Å². The number of hydrogen-bond donors (Lipinski definition) is 0. The highest BCUT2D eigenvalue weighted by atomic mass is 16.5. The maximum absolute atomic E-state index is 5.18. The van der Waals surface area contributed by atoms with Crippen molar-refractivity contribution in [3.8, 4) is 11.1 Å². The van der Waals surface area contributed by atoms with E-state index in [2.05, 4.69) is 61.2 Å². The molecule has 1 aliphatic rings. The number of allylic oxidation sites excluding steroid dienone is 1. The van der Waals surface area contributed by atoms with Gasteiger partial charge in [-0.25, -0.2) is 0 Å². The monoisotopic (exact) mass is 348 g/mol. The summed E-state index contributed by atoms with van der Waals surface area (Å²) in [6, 6.07) is 17.8. The zero-order chi connectivity index (χ0) is 18.2. The molecule has 0 amide bonds. The molecule has 0 radical (unpaired) electrons. The van der Waals surface area contributed by atoms with Crippen molar-refractivity contribution in [2.75, 3.05) is 7.11 Å².